The zero-order valence-electron chi connectivity index (χ0n) is 12.7. The molecule has 0 radical (unpaired) electrons. The molecule has 1 aromatic rings. The summed E-state index contributed by atoms with van der Waals surface area (Å²) in [7, 11) is -1.83. The van der Waals surface area contributed by atoms with Gasteiger partial charge in [0.1, 0.15) is 10.7 Å². The van der Waals surface area contributed by atoms with Gasteiger partial charge in [-0.3, -0.25) is 9.48 Å². The maximum absolute atomic E-state index is 13.1. The predicted molar refractivity (Wildman–Crippen MR) is 77.3 cm³/mol. The average Bonchev–Trinajstić information content (AvgIpc) is 3.18. The van der Waals surface area contributed by atoms with Crippen molar-refractivity contribution in [3.05, 3.63) is 11.4 Å². The van der Waals surface area contributed by atoms with Crippen molar-refractivity contribution >= 4 is 15.8 Å². The molecule has 0 aromatic carbocycles. The molecular formula is C14H21N3O3S. The molecule has 2 aliphatic rings. The first-order chi connectivity index (χ1) is 9.82. The summed E-state index contributed by atoms with van der Waals surface area (Å²) in [5.41, 5.74) is 1.18. The zero-order valence-corrected chi connectivity index (χ0v) is 13.5. The summed E-state index contributed by atoms with van der Waals surface area (Å²) in [4.78, 5) is 12.0. The predicted octanol–water partition coefficient (Wildman–Crippen LogP) is 1.17. The first-order valence-electron chi connectivity index (χ1n) is 7.36. The maximum Gasteiger partial charge on any atom is 0.247 e. The normalized spacial score (nSPS) is 24.5. The molecule has 0 spiro atoms. The highest BCUT2D eigenvalue weighted by Gasteiger charge is 2.45. The van der Waals surface area contributed by atoms with Crippen LogP contribution in [0.5, 0.6) is 0 Å². The van der Waals surface area contributed by atoms with Crippen molar-refractivity contribution < 1.29 is 13.2 Å². The van der Waals surface area contributed by atoms with Crippen molar-refractivity contribution in [1.82, 2.24) is 14.1 Å². The fourth-order valence-electron chi connectivity index (χ4n) is 3.26. The molecule has 1 atom stereocenters. The summed E-state index contributed by atoms with van der Waals surface area (Å²) in [6.45, 7) is 3.80. The van der Waals surface area contributed by atoms with Crippen LogP contribution in [-0.4, -0.2) is 40.9 Å². The van der Waals surface area contributed by atoms with Gasteiger partial charge in [-0.2, -0.15) is 9.40 Å². The number of aromatic nitrogens is 2. The summed E-state index contributed by atoms with van der Waals surface area (Å²) < 4.78 is 29.3. The molecule has 1 aliphatic carbocycles. The van der Waals surface area contributed by atoms with Crippen LogP contribution in [0.15, 0.2) is 4.90 Å². The molecule has 2 fully saturated rings. The average molecular weight is 311 g/mol. The molecule has 21 heavy (non-hydrogen) atoms. The molecule has 6 nitrogen and oxygen atoms in total. The number of ketones is 1. The molecule has 1 saturated heterocycles. The lowest BCUT2D eigenvalue weighted by molar-refractivity contribution is -0.122. The number of hydrogen-bond donors (Lipinski definition) is 0. The fourth-order valence-corrected chi connectivity index (χ4v) is 5.35. The standard InChI is InChI=1S/C14H21N3O3S/c1-9-14(10(2)16(3)15-9)21(19,20)17-7-6-12(18)8-13(17)11-4-5-11/h11,13H,4-8H2,1-3H3/t13-/m0/s1. The molecule has 2 heterocycles. The number of sulfonamides is 1. The first-order valence-corrected chi connectivity index (χ1v) is 8.80. The van der Waals surface area contributed by atoms with Crippen LogP contribution in [0.2, 0.25) is 0 Å². The Bertz CT molecular complexity index is 689. The Kier molecular flexibility index (Phi) is 3.44. The van der Waals surface area contributed by atoms with Gasteiger partial charge >= 0.3 is 0 Å². The van der Waals surface area contributed by atoms with Gasteiger partial charge in [-0.15, -0.1) is 0 Å². The van der Waals surface area contributed by atoms with Crippen molar-refractivity contribution in [3.63, 3.8) is 0 Å². The van der Waals surface area contributed by atoms with Crippen LogP contribution in [0.25, 0.3) is 0 Å². The number of Topliss-reactive ketones (excluding diaryl/α,β-unsaturated/α-hetero) is 1. The first kappa shape index (κ1) is 14.7. The molecule has 0 N–H and O–H groups in total. The van der Waals surface area contributed by atoms with Crippen LogP contribution in [0.4, 0.5) is 0 Å². The Morgan fingerprint density at radius 1 is 1.24 bits per heavy atom. The number of hydrogen-bond acceptors (Lipinski definition) is 4. The third kappa shape index (κ3) is 2.42. The molecular weight excluding hydrogens is 290 g/mol. The number of rotatable bonds is 3. The Balaban J connectivity index is 2.02. The largest absolute Gasteiger partial charge is 0.300 e. The lowest BCUT2D eigenvalue weighted by Crippen LogP contribution is -2.47. The Morgan fingerprint density at radius 3 is 2.43 bits per heavy atom. The zero-order chi connectivity index (χ0) is 15.4. The summed E-state index contributed by atoms with van der Waals surface area (Å²) in [5, 5.41) is 4.22. The maximum atomic E-state index is 13.1. The van der Waals surface area contributed by atoms with E-state index in [0.717, 1.165) is 12.8 Å². The lowest BCUT2D eigenvalue weighted by Gasteiger charge is -2.34. The van der Waals surface area contributed by atoms with Gasteiger partial charge in [-0.25, -0.2) is 8.42 Å². The van der Waals surface area contributed by atoms with E-state index < -0.39 is 10.0 Å². The van der Waals surface area contributed by atoms with Gasteiger partial charge in [0.05, 0.1) is 11.4 Å². The number of aryl methyl sites for hydroxylation is 2. The van der Waals surface area contributed by atoms with Crippen molar-refractivity contribution in [2.24, 2.45) is 13.0 Å². The van der Waals surface area contributed by atoms with E-state index in [4.69, 9.17) is 0 Å². The Morgan fingerprint density at radius 2 is 1.90 bits per heavy atom. The Labute approximate surface area is 125 Å². The lowest BCUT2D eigenvalue weighted by atomic mass is 10.00. The number of carbonyl (C=O) groups excluding carboxylic acids is 1. The van der Waals surface area contributed by atoms with Crippen LogP contribution in [0.1, 0.15) is 37.1 Å². The summed E-state index contributed by atoms with van der Waals surface area (Å²) in [6.07, 6.45) is 2.73. The molecule has 0 bridgehead atoms. The minimum Gasteiger partial charge on any atom is -0.300 e. The number of carbonyl (C=O) groups is 1. The van der Waals surface area contributed by atoms with E-state index in [1.807, 2.05) is 0 Å². The quantitative estimate of drug-likeness (QED) is 0.840. The van der Waals surface area contributed by atoms with Crippen LogP contribution >= 0.6 is 0 Å². The van der Waals surface area contributed by atoms with E-state index in [1.54, 1.807) is 29.9 Å². The van der Waals surface area contributed by atoms with Crippen LogP contribution < -0.4 is 0 Å². The van der Waals surface area contributed by atoms with E-state index in [9.17, 15) is 13.2 Å². The van der Waals surface area contributed by atoms with Gasteiger partial charge in [0.2, 0.25) is 10.0 Å². The van der Waals surface area contributed by atoms with Gasteiger partial charge in [0, 0.05) is 32.5 Å². The minimum atomic E-state index is -3.58. The van der Waals surface area contributed by atoms with Crippen LogP contribution in [-0.2, 0) is 21.9 Å². The smallest absolute Gasteiger partial charge is 0.247 e. The van der Waals surface area contributed by atoms with Crippen molar-refractivity contribution in [3.8, 4) is 0 Å². The monoisotopic (exact) mass is 311 g/mol. The van der Waals surface area contributed by atoms with Crippen LogP contribution in [0, 0.1) is 19.8 Å². The van der Waals surface area contributed by atoms with Crippen molar-refractivity contribution in [2.45, 2.75) is 50.5 Å². The van der Waals surface area contributed by atoms with Gasteiger partial charge < -0.3 is 0 Å². The molecule has 1 aliphatic heterocycles. The highest BCUT2D eigenvalue weighted by molar-refractivity contribution is 7.89. The second kappa shape index (κ2) is 4.91. The number of nitrogens with zero attached hydrogens (tertiary/aromatic N) is 3. The van der Waals surface area contributed by atoms with Gasteiger partial charge in [-0.1, -0.05) is 0 Å². The second-order valence-electron chi connectivity index (χ2n) is 6.14. The topological polar surface area (TPSA) is 72.3 Å². The number of piperidine rings is 1. The van der Waals surface area contributed by atoms with E-state index in [-0.39, 0.29) is 11.8 Å². The molecule has 7 heteroatoms. The fraction of sp³-hybridized carbons (Fsp3) is 0.714. The molecule has 1 aromatic heterocycles. The van der Waals surface area contributed by atoms with Gasteiger partial charge in [0.15, 0.2) is 0 Å². The minimum absolute atomic E-state index is 0.157. The van der Waals surface area contributed by atoms with Gasteiger partial charge in [-0.05, 0) is 32.6 Å². The molecule has 0 unspecified atom stereocenters. The summed E-state index contributed by atoms with van der Waals surface area (Å²) >= 11 is 0. The van der Waals surface area contributed by atoms with Crippen molar-refractivity contribution in [2.75, 3.05) is 6.54 Å². The second-order valence-corrected chi connectivity index (χ2v) is 7.96. The molecule has 0 amide bonds. The van der Waals surface area contributed by atoms with E-state index in [0.29, 0.717) is 41.6 Å². The van der Waals surface area contributed by atoms with E-state index in [1.165, 1.54) is 0 Å². The SMILES string of the molecule is Cc1nn(C)c(C)c1S(=O)(=O)N1CCC(=O)C[C@H]1C1CC1. The Hall–Kier alpha value is -1.21. The molecule has 116 valence electrons. The van der Waals surface area contributed by atoms with Gasteiger partial charge in [0.25, 0.3) is 0 Å². The summed E-state index contributed by atoms with van der Waals surface area (Å²) in [5.74, 6) is 0.527. The summed E-state index contributed by atoms with van der Waals surface area (Å²) in [6, 6.07) is -0.157. The highest BCUT2D eigenvalue weighted by Crippen LogP contribution is 2.41. The molecule has 1 saturated carbocycles. The third-order valence-corrected chi connectivity index (χ3v) is 6.77. The highest BCUT2D eigenvalue weighted by atomic mass is 32.2. The molecule has 3 rings (SSSR count). The van der Waals surface area contributed by atoms with E-state index in [2.05, 4.69) is 5.10 Å². The van der Waals surface area contributed by atoms with E-state index >= 15 is 0 Å². The van der Waals surface area contributed by atoms with Crippen LogP contribution in [0.3, 0.4) is 0 Å². The van der Waals surface area contributed by atoms with Crippen molar-refractivity contribution in [1.29, 1.82) is 0 Å². The third-order valence-electron chi connectivity index (χ3n) is 4.59.